The minimum atomic E-state index is -0.428. The molecule has 2 aromatic heterocycles. The van der Waals surface area contributed by atoms with Crippen molar-refractivity contribution in [3.05, 3.63) is 97.1 Å². The zero-order valence-corrected chi connectivity index (χ0v) is 29.4. The molecule has 7 rings (SSSR count). The van der Waals surface area contributed by atoms with Crippen molar-refractivity contribution in [1.29, 1.82) is 0 Å². The molecule has 0 radical (unpaired) electrons. The highest BCUT2D eigenvalue weighted by Gasteiger charge is 2.16. The van der Waals surface area contributed by atoms with Crippen LogP contribution in [0.5, 0.6) is 0 Å². The van der Waals surface area contributed by atoms with Gasteiger partial charge in [-0.25, -0.2) is 28.7 Å². The number of nitrogen functional groups attached to an aromatic ring is 2. The van der Waals surface area contributed by atoms with Crippen LogP contribution in [0.2, 0.25) is 0 Å². The minimum Gasteiger partial charge on any atom is -0.383 e. The van der Waals surface area contributed by atoms with Gasteiger partial charge in [-0.2, -0.15) is 0 Å². The number of anilines is 4. The van der Waals surface area contributed by atoms with Crippen molar-refractivity contribution < 1.29 is 18.4 Å². The Hall–Kier alpha value is -6.12. The van der Waals surface area contributed by atoms with Gasteiger partial charge in [-0.05, 0) is 123 Å². The predicted molar refractivity (Wildman–Crippen MR) is 205 cm³/mol. The maximum atomic E-state index is 14.2. The number of aromatic nitrogens is 4. The van der Waals surface area contributed by atoms with Crippen LogP contribution in [0.15, 0.2) is 85.5 Å². The van der Waals surface area contributed by atoms with Crippen molar-refractivity contribution in [2.75, 3.05) is 62.4 Å². The lowest BCUT2D eigenvalue weighted by Gasteiger charge is -2.14. The van der Waals surface area contributed by atoms with E-state index >= 15 is 0 Å². The number of rotatable bonds is 9. The molecule has 1 aliphatic rings. The van der Waals surface area contributed by atoms with Crippen LogP contribution >= 0.6 is 0 Å². The SMILES string of the molecule is CN(C)CCC(=O)Nc1cc(F)cc(-c2ccc3ncnc(N)c3c2)c1.Nc1ncnc2ccc(-c3cc(F)cc(NC(=O)CN4CCCC4)c3)cc12. The number of amides is 2. The second kappa shape index (κ2) is 16.5. The molecule has 0 atom stereocenters. The van der Waals surface area contributed by atoms with E-state index in [0.29, 0.717) is 64.4 Å². The largest absolute Gasteiger partial charge is 0.383 e. The van der Waals surface area contributed by atoms with E-state index in [-0.39, 0.29) is 11.8 Å². The van der Waals surface area contributed by atoms with Crippen molar-refractivity contribution in [2.45, 2.75) is 19.3 Å². The van der Waals surface area contributed by atoms with E-state index in [1.165, 1.54) is 36.9 Å². The van der Waals surface area contributed by atoms with E-state index in [0.717, 1.165) is 48.1 Å². The molecule has 1 fully saturated rings. The van der Waals surface area contributed by atoms with Crippen LogP contribution in [0.4, 0.5) is 31.8 Å². The van der Waals surface area contributed by atoms with Gasteiger partial charge in [0, 0.05) is 35.1 Å². The van der Waals surface area contributed by atoms with Crippen LogP contribution in [0.3, 0.4) is 0 Å². The zero-order chi connectivity index (χ0) is 37.5. The van der Waals surface area contributed by atoms with Gasteiger partial charge in [0.05, 0.1) is 17.6 Å². The van der Waals surface area contributed by atoms with E-state index < -0.39 is 11.6 Å². The summed E-state index contributed by atoms with van der Waals surface area (Å²) in [5.41, 5.74) is 16.9. The predicted octanol–water partition coefficient (Wildman–Crippen LogP) is 5.96. The van der Waals surface area contributed by atoms with Crippen LogP contribution in [0, 0.1) is 11.6 Å². The fourth-order valence-corrected chi connectivity index (χ4v) is 6.06. The molecule has 6 N–H and O–H groups in total. The van der Waals surface area contributed by atoms with Crippen LogP contribution in [0.25, 0.3) is 44.1 Å². The number of carbonyl (C=O) groups is 2. The third-order valence-corrected chi connectivity index (χ3v) is 8.71. The topological polar surface area (TPSA) is 168 Å². The van der Waals surface area contributed by atoms with E-state index in [2.05, 4.69) is 35.5 Å². The van der Waals surface area contributed by atoms with Crippen LogP contribution < -0.4 is 22.1 Å². The summed E-state index contributed by atoms with van der Waals surface area (Å²) in [4.78, 5) is 44.6. The molecule has 0 unspecified atom stereocenters. The van der Waals surface area contributed by atoms with Gasteiger partial charge in [-0.3, -0.25) is 14.5 Å². The summed E-state index contributed by atoms with van der Waals surface area (Å²) >= 11 is 0. The molecule has 3 heterocycles. The number of halogens is 2. The standard InChI is InChI=1S/C20H20FN5O.C19H20FN5O/c21-15-7-14(13-3-4-18-17(9-13)20(22)24-12-23-18)8-16(10-15)25-19(27)11-26-5-1-2-6-26;1-25(2)6-5-18(26)24-15-8-13(7-14(20)10-15)12-3-4-17-16(9-12)19(21)23-11-22-17/h3-4,7-10,12H,1-2,5-6,11H2,(H,25,27)(H2,22,23,24);3-4,7-11H,5-6H2,1-2H3,(H,24,26)(H2,21,22,23). The summed E-state index contributed by atoms with van der Waals surface area (Å²) in [5.74, 6) is -0.400. The number of hydrogen-bond donors (Lipinski definition) is 4. The molecule has 4 aromatic carbocycles. The van der Waals surface area contributed by atoms with Crippen molar-refractivity contribution in [1.82, 2.24) is 29.7 Å². The van der Waals surface area contributed by atoms with Crippen molar-refractivity contribution in [2.24, 2.45) is 0 Å². The number of nitrogens with zero attached hydrogens (tertiary/aromatic N) is 6. The van der Waals surface area contributed by atoms with E-state index in [4.69, 9.17) is 11.5 Å². The molecule has 0 bridgehead atoms. The monoisotopic (exact) mass is 718 g/mol. The third-order valence-electron chi connectivity index (χ3n) is 8.71. The summed E-state index contributed by atoms with van der Waals surface area (Å²) < 4.78 is 28.2. The highest BCUT2D eigenvalue weighted by molar-refractivity contribution is 5.95. The minimum absolute atomic E-state index is 0.135. The second-order valence-electron chi connectivity index (χ2n) is 13.1. The number of carbonyl (C=O) groups excluding carboxylic acids is 2. The van der Waals surface area contributed by atoms with E-state index in [9.17, 15) is 18.4 Å². The van der Waals surface area contributed by atoms with Crippen LogP contribution in [0.1, 0.15) is 19.3 Å². The first-order valence-corrected chi connectivity index (χ1v) is 17.1. The molecular weight excluding hydrogens is 678 g/mol. The summed E-state index contributed by atoms with van der Waals surface area (Å²) in [6.45, 7) is 2.82. The number of fused-ring (bicyclic) bond motifs is 2. The smallest absolute Gasteiger partial charge is 0.238 e. The molecule has 2 amide bonds. The Labute approximate surface area is 305 Å². The maximum absolute atomic E-state index is 14.2. The summed E-state index contributed by atoms with van der Waals surface area (Å²) in [6.07, 6.45) is 5.38. The number of hydrogen-bond acceptors (Lipinski definition) is 10. The first-order valence-electron chi connectivity index (χ1n) is 17.1. The van der Waals surface area contributed by atoms with Crippen molar-refractivity contribution in [3.8, 4) is 22.3 Å². The molecule has 6 aromatic rings. The molecule has 1 aliphatic heterocycles. The Morgan fingerprint density at radius 3 is 1.66 bits per heavy atom. The first-order chi connectivity index (χ1) is 25.5. The Morgan fingerprint density at radius 2 is 1.17 bits per heavy atom. The molecule has 0 aliphatic carbocycles. The van der Waals surface area contributed by atoms with Crippen LogP contribution in [-0.4, -0.2) is 81.8 Å². The number of benzene rings is 4. The fraction of sp³-hybridized carbons (Fsp3) is 0.231. The summed E-state index contributed by atoms with van der Waals surface area (Å²) in [5, 5.41) is 6.95. The van der Waals surface area contributed by atoms with Gasteiger partial charge in [0.2, 0.25) is 11.8 Å². The summed E-state index contributed by atoms with van der Waals surface area (Å²) in [7, 11) is 3.78. The highest BCUT2D eigenvalue weighted by Crippen LogP contribution is 2.30. The van der Waals surface area contributed by atoms with Gasteiger partial charge in [-0.15, -0.1) is 0 Å². The molecule has 14 heteroatoms. The molecule has 0 spiro atoms. The fourth-order valence-electron chi connectivity index (χ4n) is 6.06. The molecule has 12 nitrogen and oxygen atoms in total. The average Bonchev–Trinajstić information content (AvgIpc) is 3.63. The lowest BCUT2D eigenvalue weighted by molar-refractivity contribution is -0.117. The lowest BCUT2D eigenvalue weighted by atomic mass is 10.0. The first kappa shape index (κ1) is 36.7. The molecular formula is C39H40F2N10O2. The average molecular weight is 719 g/mol. The second-order valence-corrected chi connectivity index (χ2v) is 13.1. The summed E-state index contributed by atoms with van der Waals surface area (Å²) in [6, 6.07) is 19.9. The molecule has 0 saturated carbocycles. The molecule has 272 valence electrons. The Balaban J connectivity index is 0.000000182. The zero-order valence-electron chi connectivity index (χ0n) is 29.4. The van der Waals surface area contributed by atoms with Crippen molar-refractivity contribution in [3.63, 3.8) is 0 Å². The number of nitrogens with two attached hydrogens (primary N) is 2. The van der Waals surface area contributed by atoms with Gasteiger partial charge in [0.25, 0.3) is 0 Å². The van der Waals surface area contributed by atoms with E-state index in [1.54, 1.807) is 12.1 Å². The van der Waals surface area contributed by atoms with Gasteiger partial charge in [0.15, 0.2) is 0 Å². The molecule has 1 saturated heterocycles. The van der Waals surface area contributed by atoms with Gasteiger partial charge >= 0.3 is 0 Å². The Kier molecular flexibility index (Phi) is 11.4. The quantitative estimate of drug-likeness (QED) is 0.140. The Bertz CT molecular complexity index is 2280. The molecule has 53 heavy (non-hydrogen) atoms. The lowest BCUT2D eigenvalue weighted by Crippen LogP contribution is -2.30. The normalized spacial score (nSPS) is 12.8. The number of likely N-dealkylation sites (tertiary alicyclic amines) is 1. The van der Waals surface area contributed by atoms with Gasteiger partial charge < -0.3 is 27.0 Å². The van der Waals surface area contributed by atoms with Gasteiger partial charge in [-0.1, -0.05) is 12.1 Å². The Morgan fingerprint density at radius 1 is 0.679 bits per heavy atom. The van der Waals surface area contributed by atoms with Gasteiger partial charge in [0.1, 0.15) is 35.9 Å². The highest BCUT2D eigenvalue weighted by atomic mass is 19.1. The third kappa shape index (κ3) is 9.61. The van der Waals surface area contributed by atoms with Crippen molar-refractivity contribution >= 4 is 56.6 Å². The van der Waals surface area contributed by atoms with Crippen LogP contribution in [-0.2, 0) is 9.59 Å². The number of nitrogens with one attached hydrogen (secondary N) is 2. The van der Waals surface area contributed by atoms with E-state index in [1.807, 2.05) is 55.4 Å². The maximum Gasteiger partial charge on any atom is 0.238 e.